The third-order valence-electron chi connectivity index (χ3n) is 8.39. The number of carboxylic acid groups (broad SMARTS) is 2. The Hall–Kier alpha value is -6.68. The second kappa shape index (κ2) is 14.3. The summed E-state index contributed by atoms with van der Waals surface area (Å²) in [4.78, 5) is 55.3. The predicted molar refractivity (Wildman–Crippen MR) is 203 cm³/mol. The van der Waals surface area contributed by atoms with E-state index in [1.807, 2.05) is 78.9 Å². The maximum atomic E-state index is 13.6. The van der Waals surface area contributed by atoms with Gasteiger partial charge in [-0.15, -0.1) is 22.7 Å². The zero-order chi connectivity index (χ0) is 36.4. The lowest BCUT2D eigenvalue weighted by molar-refractivity contribution is -0.143. The van der Waals surface area contributed by atoms with Crippen LogP contribution in [0.3, 0.4) is 0 Å². The minimum Gasteiger partial charge on any atom is -0.480 e. The highest BCUT2D eigenvalue weighted by atomic mass is 32.1. The molecule has 7 aromatic rings. The number of carboxylic acids is 2. The van der Waals surface area contributed by atoms with Crippen molar-refractivity contribution in [3.05, 3.63) is 148 Å². The molecule has 0 unspecified atom stereocenters. The van der Waals surface area contributed by atoms with Crippen molar-refractivity contribution in [2.45, 2.75) is 6.54 Å². The molecule has 3 aromatic heterocycles. The summed E-state index contributed by atoms with van der Waals surface area (Å²) in [5.41, 5.74) is 3.47. The van der Waals surface area contributed by atoms with Gasteiger partial charge in [0, 0.05) is 49.0 Å². The normalized spacial score (nSPS) is 11.4. The van der Waals surface area contributed by atoms with Crippen molar-refractivity contribution in [2.24, 2.45) is 0 Å². The van der Waals surface area contributed by atoms with Crippen molar-refractivity contribution in [3.63, 3.8) is 0 Å². The molecule has 0 aliphatic heterocycles. The van der Waals surface area contributed by atoms with E-state index < -0.39 is 24.4 Å². The molecular weight excluding hydrogens is 697 g/mol. The molecule has 2 N–H and O–H groups in total. The van der Waals surface area contributed by atoms with Crippen molar-refractivity contribution in [1.29, 1.82) is 5.26 Å². The lowest BCUT2D eigenvalue weighted by atomic mass is 10.1. The molecule has 1 amide bonds. The number of benzene rings is 4. The van der Waals surface area contributed by atoms with Crippen molar-refractivity contribution < 1.29 is 24.6 Å². The molecule has 4 aromatic carbocycles. The van der Waals surface area contributed by atoms with Crippen molar-refractivity contribution in [2.75, 3.05) is 6.54 Å². The average molecular weight is 724 g/mol. The standard InChI is InChI=1S/C40H26N4O6S2/c41-22-28(39(47)42(24-38(45)46)23-25-10-12-26(13-11-25)40(48)49)20-30-15-17-36(51-30)37-19-18-35(52-37)27-14-16-34-32(21-27)31-8-4-5-9-33(31)43(34)44(50)29-6-2-1-3-7-29/h1-21H,23-24H2,(H-,45,46,48,49)/p+1/b28-20+. The van der Waals surface area contributed by atoms with Gasteiger partial charge in [0.25, 0.3) is 11.6 Å². The number of carbonyl (C=O) groups excluding carboxylic acids is 1. The molecule has 0 aliphatic carbocycles. The van der Waals surface area contributed by atoms with E-state index in [9.17, 15) is 29.7 Å². The number of nitroso groups, excluding NO2 is 1. The Balaban J connectivity index is 1.14. The Bertz CT molecular complexity index is 2590. The number of rotatable bonds is 11. The van der Waals surface area contributed by atoms with Crippen LogP contribution in [0.15, 0.2) is 127 Å². The van der Waals surface area contributed by atoms with Gasteiger partial charge in [0.15, 0.2) is 4.87 Å². The van der Waals surface area contributed by atoms with Gasteiger partial charge in [0.1, 0.15) is 29.2 Å². The Morgan fingerprint density at radius 3 is 2.17 bits per heavy atom. The van der Waals surface area contributed by atoms with Crippen LogP contribution in [0.1, 0.15) is 20.8 Å². The number of aromatic nitrogens is 1. The van der Waals surface area contributed by atoms with E-state index in [2.05, 4.69) is 6.07 Å². The number of fused-ring (bicyclic) bond motifs is 3. The summed E-state index contributed by atoms with van der Waals surface area (Å²) in [5.74, 6) is -3.10. The lowest BCUT2D eigenvalue weighted by Crippen LogP contribution is -2.35. The van der Waals surface area contributed by atoms with Crippen molar-refractivity contribution in [3.8, 4) is 26.3 Å². The zero-order valence-corrected chi connectivity index (χ0v) is 28.8. The zero-order valence-electron chi connectivity index (χ0n) is 27.2. The van der Waals surface area contributed by atoms with Gasteiger partial charge in [0.2, 0.25) is 0 Å². The number of hydrogen-bond acceptors (Lipinski definition) is 7. The highest BCUT2D eigenvalue weighted by Gasteiger charge is 2.25. The molecule has 0 saturated carbocycles. The van der Waals surface area contributed by atoms with Gasteiger partial charge in [-0.1, -0.05) is 59.3 Å². The second-order valence-electron chi connectivity index (χ2n) is 11.8. The summed E-state index contributed by atoms with van der Waals surface area (Å²) in [7, 11) is 0. The minimum absolute atomic E-state index is 0.0598. The minimum atomic E-state index is -1.25. The number of hydrogen-bond donors (Lipinski definition) is 2. The topological polar surface area (TPSA) is 144 Å². The predicted octanol–water partition coefficient (Wildman–Crippen LogP) is 8.70. The van der Waals surface area contributed by atoms with Crippen LogP contribution in [-0.4, -0.2) is 44.2 Å². The van der Waals surface area contributed by atoms with Crippen LogP contribution in [0.25, 0.3) is 48.1 Å². The molecule has 0 fully saturated rings. The molecule has 0 radical (unpaired) electrons. The quantitative estimate of drug-likeness (QED) is 0.0772. The average Bonchev–Trinajstić information content (AvgIpc) is 3.91. The van der Waals surface area contributed by atoms with Gasteiger partial charge in [-0.2, -0.15) is 5.26 Å². The Labute approximate surface area is 304 Å². The van der Waals surface area contributed by atoms with Crippen molar-refractivity contribution >= 4 is 74.1 Å². The van der Waals surface area contributed by atoms with Crippen LogP contribution in [0, 0.1) is 16.2 Å². The van der Waals surface area contributed by atoms with Crippen LogP contribution >= 0.6 is 22.7 Å². The summed E-state index contributed by atoms with van der Waals surface area (Å²) in [6.45, 7) is -0.757. The first-order valence-electron chi connectivity index (χ1n) is 15.9. The van der Waals surface area contributed by atoms with Crippen LogP contribution in [0.5, 0.6) is 0 Å². The Morgan fingerprint density at radius 1 is 0.769 bits per heavy atom. The number of nitriles is 1. The number of carbonyl (C=O) groups is 3. The van der Waals surface area contributed by atoms with Crippen LogP contribution in [0.4, 0.5) is 5.69 Å². The van der Waals surface area contributed by atoms with Gasteiger partial charge < -0.3 is 15.1 Å². The lowest BCUT2D eigenvalue weighted by Gasteiger charge is -2.20. The fraction of sp³-hybridized carbons (Fsp3) is 0.0500. The Morgan fingerprint density at radius 2 is 1.44 bits per heavy atom. The summed E-state index contributed by atoms with van der Waals surface area (Å²) >= 11 is 2.99. The van der Waals surface area contributed by atoms with Gasteiger partial charge in [0.05, 0.1) is 10.5 Å². The van der Waals surface area contributed by atoms with E-state index in [1.54, 1.807) is 34.2 Å². The molecule has 3 heterocycles. The number of aliphatic carboxylic acids is 1. The smallest absolute Gasteiger partial charge is 0.335 e. The summed E-state index contributed by atoms with van der Waals surface area (Å²) in [6.07, 6.45) is 1.45. The molecule has 0 spiro atoms. The van der Waals surface area contributed by atoms with E-state index in [4.69, 9.17) is 5.11 Å². The monoisotopic (exact) mass is 723 g/mol. The number of aromatic carboxylic acids is 1. The van der Waals surface area contributed by atoms with Crippen LogP contribution in [-0.2, 0) is 16.1 Å². The van der Waals surface area contributed by atoms with E-state index >= 15 is 0 Å². The second-order valence-corrected chi connectivity index (χ2v) is 14.0. The third-order valence-corrected chi connectivity index (χ3v) is 10.8. The number of para-hydroxylation sites is 2. The van der Waals surface area contributed by atoms with E-state index in [0.29, 0.717) is 16.1 Å². The molecule has 0 bridgehead atoms. The van der Waals surface area contributed by atoms with E-state index in [-0.39, 0.29) is 17.7 Å². The van der Waals surface area contributed by atoms with Gasteiger partial charge in [-0.05, 0) is 71.8 Å². The molecule has 12 heteroatoms. The molecule has 0 saturated heterocycles. The van der Waals surface area contributed by atoms with Gasteiger partial charge in [-0.25, -0.2) is 4.79 Å². The third kappa shape index (κ3) is 6.74. The maximum absolute atomic E-state index is 13.6. The molecule has 7 rings (SSSR count). The molecule has 0 atom stereocenters. The SMILES string of the molecule is N#C/C(=C\c1ccc(-c2ccc(-c3ccc4c(c3)c3ccccc3n4[N+](=O)c3ccccc3)s2)s1)C(=O)N(CC(=O)O)Cc1ccc(C(=O)O)cc1. The first kappa shape index (κ1) is 33.8. The number of amides is 1. The Kier molecular flexibility index (Phi) is 9.28. The highest BCUT2D eigenvalue weighted by Crippen LogP contribution is 2.40. The van der Waals surface area contributed by atoms with E-state index in [1.165, 1.54) is 41.7 Å². The molecule has 254 valence electrons. The largest absolute Gasteiger partial charge is 0.480 e. The van der Waals surface area contributed by atoms with Crippen LogP contribution < -0.4 is 4.87 Å². The first-order chi connectivity index (χ1) is 25.2. The van der Waals surface area contributed by atoms with Crippen LogP contribution in [0.2, 0.25) is 0 Å². The van der Waals surface area contributed by atoms with Gasteiger partial charge in [-0.3, -0.25) is 9.59 Å². The summed E-state index contributed by atoms with van der Waals surface area (Å²) in [6, 6.07) is 38.4. The fourth-order valence-corrected chi connectivity index (χ4v) is 7.99. The summed E-state index contributed by atoms with van der Waals surface area (Å²) in [5, 5.41) is 30.4. The fourth-order valence-electron chi connectivity index (χ4n) is 5.95. The van der Waals surface area contributed by atoms with E-state index in [0.717, 1.165) is 51.8 Å². The van der Waals surface area contributed by atoms with Gasteiger partial charge >= 0.3 is 11.9 Å². The van der Waals surface area contributed by atoms with Crippen molar-refractivity contribution in [1.82, 2.24) is 14.4 Å². The maximum Gasteiger partial charge on any atom is 0.335 e. The molecule has 52 heavy (non-hydrogen) atoms. The molecular formula is C40H27N4O6S2+. The summed E-state index contributed by atoms with van der Waals surface area (Å²) < 4.78 is 1.68. The molecule has 0 aliphatic rings. The number of thiophene rings is 2. The number of nitrogens with zero attached hydrogens (tertiary/aromatic N) is 4. The first-order valence-corrected chi connectivity index (χ1v) is 17.5. The highest BCUT2D eigenvalue weighted by molar-refractivity contribution is 7.24. The molecule has 10 nitrogen and oxygen atoms in total.